The zero-order chi connectivity index (χ0) is 21.1. The van der Waals surface area contributed by atoms with Gasteiger partial charge in [0, 0.05) is 0 Å². The van der Waals surface area contributed by atoms with Gasteiger partial charge in [-0.05, 0) is 47.8 Å². The van der Waals surface area contributed by atoms with Gasteiger partial charge in [0.2, 0.25) is 4.08 Å². The third kappa shape index (κ3) is 3.82. The molecule has 0 aromatic heterocycles. The van der Waals surface area contributed by atoms with Gasteiger partial charge in [0.1, 0.15) is 6.61 Å². The Morgan fingerprint density at radius 2 is 1.67 bits per heavy atom. The van der Waals surface area contributed by atoms with Crippen molar-refractivity contribution in [3.05, 3.63) is 65.7 Å². The minimum Gasteiger partial charge on any atom is -0.457 e. The third-order valence-electron chi connectivity index (χ3n) is 4.68. The van der Waals surface area contributed by atoms with Gasteiger partial charge < -0.3 is 4.74 Å². The monoisotopic (exact) mass is 442 g/mol. The zero-order valence-corrected chi connectivity index (χ0v) is 17.5. The highest BCUT2D eigenvalue weighted by atomic mass is 32.2. The molecule has 0 bridgehead atoms. The van der Waals surface area contributed by atoms with E-state index in [2.05, 4.69) is 5.32 Å². The summed E-state index contributed by atoms with van der Waals surface area (Å²) < 4.78 is 3.95. The molecule has 7 nitrogen and oxygen atoms in total. The molecule has 2 fully saturated rings. The number of esters is 1. The summed E-state index contributed by atoms with van der Waals surface area (Å²) in [5, 5.41) is 2.29. The lowest BCUT2D eigenvalue weighted by Gasteiger charge is -2.39. The number of thioether (sulfide) groups is 2. The topological polar surface area (TPSA) is 92.8 Å². The maximum absolute atomic E-state index is 13.1. The van der Waals surface area contributed by atoms with E-state index in [1.807, 2.05) is 30.3 Å². The Kier molecular flexibility index (Phi) is 5.83. The molecule has 2 heterocycles. The van der Waals surface area contributed by atoms with Crippen molar-refractivity contribution in [2.24, 2.45) is 0 Å². The van der Waals surface area contributed by atoms with Gasteiger partial charge in [-0.15, -0.1) is 23.5 Å². The Bertz CT molecular complexity index is 988. The summed E-state index contributed by atoms with van der Waals surface area (Å²) in [6.45, 7) is 0.146. The van der Waals surface area contributed by atoms with E-state index in [1.165, 1.54) is 47.8 Å². The van der Waals surface area contributed by atoms with Crippen molar-refractivity contribution < 1.29 is 23.9 Å². The Labute approximate surface area is 181 Å². The average molecular weight is 443 g/mol. The number of barbiturate groups is 1. The molecule has 4 amide bonds. The number of hydrogen-bond acceptors (Lipinski definition) is 7. The third-order valence-corrected chi connectivity index (χ3v) is 7.91. The largest absolute Gasteiger partial charge is 0.457 e. The van der Waals surface area contributed by atoms with E-state index >= 15 is 0 Å². The average Bonchev–Trinajstić information content (AvgIpc) is 2.78. The second-order valence-electron chi connectivity index (χ2n) is 6.68. The van der Waals surface area contributed by atoms with Gasteiger partial charge >= 0.3 is 12.0 Å². The standard InChI is InChI=1S/C21H18N2O5S2/c24-17(28-13-14-5-2-1-3-6-14)15-7-9-16(10-8-15)23-19(26)21(18(25)22-20(23)27)29-11-4-12-30-21/h1-3,5-10H,4,11-13H2,(H,22,25,27). The van der Waals surface area contributed by atoms with E-state index in [0.29, 0.717) is 17.1 Å². The van der Waals surface area contributed by atoms with Crippen LogP contribution in [0.5, 0.6) is 0 Å². The molecule has 2 aromatic carbocycles. The zero-order valence-electron chi connectivity index (χ0n) is 15.8. The van der Waals surface area contributed by atoms with E-state index in [4.69, 9.17) is 4.74 Å². The lowest BCUT2D eigenvalue weighted by Crippen LogP contribution is -2.66. The molecule has 9 heteroatoms. The van der Waals surface area contributed by atoms with E-state index in [-0.39, 0.29) is 12.3 Å². The molecule has 2 aromatic rings. The molecular formula is C21H18N2O5S2. The van der Waals surface area contributed by atoms with Gasteiger partial charge in [-0.3, -0.25) is 14.9 Å². The van der Waals surface area contributed by atoms with E-state index < -0.39 is 27.9 Å². The Morgan fingerprint density at radius 3 is 2.33 bits per heavy atom. The van der Waals surface area contributed by atoms with Crippen LogP contribution in [0, 0.1) is 0 Å². The van der Waals surface area contributed by atoms with Gasteiger partial charge in [-0.2, -0.15) is 0 Å². The number of amides is 4. The molecule has 2 aliphatic heterocycles. The summed E-state index contributed by atoms with van der Waals surface area (Å²) in [6.07, 6.45) is 0.894. The fourth-order valence-electron chi connectivity index (χ4n) is 3.15. The number of nitrogens with zero attached hydrogens (tertiary/aromatic N) is 1. The van der Waals surface area contributed by atoms with Gasteiger partial charge in [0.25, 0.3) is 11.8 Å². The lowest BCUT2D eigenvalue weighted by molar-refractivity contribution is -0.128. The molecule has 154 valence electrons. The van der Waals surface area contributed by atoms with E-state index in [1.54, 1.807) is 0 Å². The van der Waals surface area contributed by atoms with Crippen LogP contribution in [0.1, 0.15) is 22.3 Å². The lowest BCUT2D eigenvalue weighted by atomic mass is 10.1. The first-order valence-corrected chi connectivity index (χ1v) is 11.3. The molecule has 0 saturated carbocycles. The van der Waals surface area contributed by atoms with Crippen molar-refractivity contribution in [2.75, 3.05) is 16.4 Å². The van der Waals surface area contributed by atoms with Crippen LogP contribution in [-0.2, 0) is 20.9 Å². The molecule has 0 unspecified atom stereocenters. The fraction of sp³-hybridized carbons (Fsp3) is 0.238. The number of nitrogens with one attached hydrogen (secondary N) is 1. The molecule has 30 heavy (non-hydrogen) atoms. The predicted octanol–water partition coefficient (Wildman–Crippen LogP) is 3.19. The first kappa shape index (κ1) is 20.5. The number of hydrogen-bond donors (Lipinski definition) is 1. The maximum Gasteiger partial charge on any atom is 0.338 e. The summed E-state index contributed by atoms with van der Waals surface area (Å²) >= 11 is 2.50. The van der Waals surface area contributed by atoms with Crippen LogP contribution in [0.4, 0.5) is 10.5 Å². The van der Waals surface area contributed by atoms with Gasteiger partial charge in [-0.25, -0.2) is 14.5 Å². The number of rotatable bonds is 4. The first-order chi connectivity index (χ1) is 14.5. The molecule has 2 saturated heterocycles. The van der Waals surface area contributed by atoms with Crippen LogP contribution in [0.25, 0.3) is 0 Å². The van der Waals surface area contributed by atoms with Crippen molar-refractivity contribution in [2.45, 2.75) is 17.1 Å². The highest BCUT2D eigenvalue weighted by Gasteiger charge is 2.56. The summed E-state index contributed by atoms with van der Waals surface area (Å²) in [6, 6.07) is 14.5. The number of carbonyl (C=O) groups is 4. The molecule has 1 N–H and O–H groups in total. The molecular weight excluding hydrogens is 424 g/mol. The molecule has 1 spiro atoms. The van der Waals surface area contributed by atoms with E-state index in [0.717, 1.165) is 16.9 Å². The van der Waals surface area contributed by atoms with Crippen molar-refractivity contribution in [1.82, 2.24) is 5.32 Å². The number of imide groups is 2. The van der Waals surface area contributed by atoms with Crippen molar-refractivity contribution in [3.8, 4) is 0 Å². The summed E-state index contributed by atoms with van der Waals surface area (Å²) in [5.74, 6) is -0.319. The molecule has 0 atom stereocenters. The summed E-state index contributed by atoms with van der Waals surface area (Å²) in [5.41, 5.74) is 1.46. The van der Waals surface area contributed by atoms with Crippen molar-refractivity contribution in [3.63, 3.8) is 0 Å². The summed E-state index contributed by atoms with van der Waals surface area (Å²) in [7, 11) is 0. The van der Waals surface area contributed by atoms with Crippen LogP contribution < -0.4 is 10.2 Å². The quantitative estimate of drug-likeness (QED) is 0.574. The molecule has 0 aliphatic carbocycles. The van der Waals surface area contributed by atoms with Crippen LogP contribution in [-0.4, -0.2) is 39.4 Å². The minimum atomic E-state index is -1.35. The Morgan fingerprint density at radius 1 is 1.00 bits per heavy atom. The van der Waals surface area contributed by atoms with Crippen LogP contribution in [0.3, 0.4) is 0 Å². The summed E-state index contributed by atoms with van der Waals surface area (Å²) in [4.78, 5) is 51.2. The van der Waals surface area contributed by atoms with Gasteiger partial charge in [0.15, 0.2) is 0 Å². The second kappa shape index (κ2) is 8.53. The second-order valence-corrected chi connectivity index (χ2v) is 9.55. The Hall–Kier alpha value is -2.78. The first-order valence-electron chi connectivity index (χ1n) is 9.30. The number of anilines is 1. The smallest absolute Gasteiger partial charge is 0.338 e. The van der Waals surface area contributed by atoms with Gasteiger partial charge in [-0.1, -0.05) is 30.3 Å². The fourth-order valence-corrected chi connectivity index (χ4v) is 6.11. The van der Waals surface area contributed by atoms with Crippen LogP contribution in [0.15, 0.2) is 54.6 Å². The Balaban J connectivity index is 1.50. The molecule has 4 rings (SSSR count). The SMILES string of the molecule is O=C(OCc1ccccc1)c1ccc(N2C(=O)NC(=O)C3(SCCCS3)C2=O)cc1. The van der Waals surface area contributed by atoms with Crippen molar-refractivity contribution in [1.29, 1.82) is 0 Å². The normalized spacial score (nSPS) is 18.3. The number of carbonyl (C=O) groups excluding carboxylic acids is 4. The maximum atomic E-state index is 13.1. The van der Waals surface area contributed by atoms with Gasteiger partial charge in [0.05, 0.1) is 11.3 Å². The number of urea groups is 1. The highest BCUT2D eigenvalue weighted by molar-refractivity contribution is 8.21. The highest BCUT2D eigenvalue weighted by Crippen LogP contribution is 2.45. The predicted molar refractivity (Wildman–Crippen MR) is 115 cm³/mol. The van der Waals surface area contributed by atoms with Crippen molar-refractivity contribution >= 4 is 53.0 Å². The molecule has 2 aliphatic rings. The van der Waals surface area contributed by atoms with E-state index in [9.17, 15) is 19.2 Å². The molecule has 0 radical (unpaired) electrons. The minimum absolute atomic E-state index is 0.146. The van der Waals surface area contributed by atoms with Crippen LogP contribution >= 0.6 is 23.5 Å². The van der Waals surface area contributed by atoms with Crippen LogP contribution in [0.2, 0.25) is 0 Å². The number of ether oxygens (including phenoxy) is 1. The number of benzene rings is 2.